The third-order valence-corrected chi connectivity index (χ3v) is 4.59. The van der Waals surface area contributed by atoms with Crippen molar-refractivity contribution in [1.29, 1.82) is 0 Å². The molecule has 1 heterocycles. The van der Waals surface area contributed by atoms with Crippen LogP contribution in [0.5, 0.6) is 5.75 Å². The Labute approximate surface area is 171 Å². The molecule has 0 aliphatic rings. The van der Waals surface area contributed by atoms with E-state index in [1.54, 1.807) is 42.6 Å². The second-order valence-corrected chi connectivity index (χ2v) is 6.89. The highest BCUT2D eigenvalue weighted by Gasteiger charge is 2.12. The Hall–Kier alpha value is -2.21. The Bertz CT molecular complexity index is 973. The quantitative estimate of drug-likeness (QED) is 0.535. The molecular weight excluding hydrogens is 411 g/mol. The Balaban J connectivity index is 1.59. The predicted octanol–water partition coefficient (Wildman–Crippen LogP) is 5.88. The molecule has 0 saturated heterocycles. The van der Waals surface area contributed by atoms with Crippen molar-refractivity contribution in [2.24, 2.45) is 0 Å². The molecule has 1 N–H and O–H groups in total. The van der Waals surface area contributed by atoms with Crippen LogP contribution in [0.1, 0.15) is 12.3 Å². The number of carbonyl (C=O) groups is 1. The molecule has 5 nitrogen and oxygen atoms in total. The van der Waals surface area contributed by atoms with E-state index in [9.17, 15) is 4.79 Å². The molecule has 0 atom stereocenters. The molecule has 0 bridgehead atoms. The number of hydrogen-bond acceptors (Lipinski definition) is 4. The lowest BCUT2D eigenvalue weighted by Gasteiger charge is -2.07. The Morgan fingerprint density at radius 1 is 1.15 bits per heavy atom. The number of oxazole rings is 1. The molecule has 1 aromatic heterocycles. The van der Waals surface area contributed by atoms with Crippen molar-refractivity contribution >= 4 is 46.4 Å². The number of aromatic nitrogens is 1. The molecule has 2 aromatic carbocycles. The number of anilines is 1. The minimum atomic E-state index is -0.180. The molecule has 1 amide bonds. The van der Waals surface area contributed by atoms with Crippen molar-refractivity contribution in [3.8, 4) is 17.1 Å². The van der Waals surface area contributed by atoms with Gasteiger partial charge in [0.1, 0.15) is 5.75 Å². The number of nitrogens with one attached hydrogen (secondary N) is 1. The number of nitrogens with zero attached hydrogens (tertiary/aromatic N) is 1. The molecule has 8 heteroatoms. The minimum Gasteiger partial charge on any atom is -0.495 e. The highest BCUT2D eigenvalue weighted by atomic mass is 35.5. The monoisotopic (exact) mass is 424 g/mol. The van der Waals surface area contributed by atoms with E-state index in [-0.39, 0.29) is 12.3 Å². The number of carbonyl (C=O) groups excluding carboxylic acids is 1. The van der Waals surface area contributed by atoms with Crippen LogP contribution in [0.3, 0.4) is 0 Å². The summed E-state index contributed by atoms with van der Waals surface area (Å²) in [5.74, 6) is 1.33. The number of ether oxygens (including phenoxy) is 1. The summed E-state index contributed by atoms with van der Waals surface area (Å²) < 4.78 is 10.8. The van der Waals surface area contributed by atoms with Crippen LogP contribution in [0, 0.1) is 0 Å². The molecular formula is C19H15Cl3N2O3. The first-order valence-electron chi connectivity index (χ1n) is 8.00. The summed E-state index contributed by atoms with van der Waals surface area (Å²) in [5.41, 5.74) is 1.28. The van der Waals surface area contributed by atoms with E-state index in [4.69, 9.17) is 44.0 Å². The molecule has 3 rings (SSSR count). The summed E-state index contributed by atoms with van der Waals surface area (Å²) >= 11 is 18.1. The van der Waals surface area contributed by atoms with E-state index in [0.717, 1.165) is 0 Å². The Morgan fingerprint density at radius 3 is 2.67 bits per heavy atom. The fourth-order valence-electron chi connectivity index (χ4n) is 2.43. The van der Waals surface area contributed by atoms with Crippen LogP contribution in [-0.2, 0) is 11.2 Å². The lowest BCUT2D eigenvalue weighted by atomic mass is 10.2. The van der Waals surface area contributed by atoms with Gasteiger partial charge in [-0.1, -0.05) is 34.8 Å². The highest BCUT2D eigenvalue weighted by molar-refractivity contribution is 6.36. The van der Waals surface area contributed by atoms with Gasteiger partial charge in [-0.2, -0.15) is 0 Å². The van der Waals surface area contributed by atoms with Gasteiger partial charge in [0.25, 0.3) is 0 Å². The van der Waals surface area contributed by atoms with Gasteiger partial charge in [0.05, 0.1) is 23.4 Å². The van der Waals surface area contributed by atoms with Gasteiger partial charge in [0.15, 0.2) is 11.7 Å². The molecule has 0 unspecified atom stereocenters. The smallest absolute Gasteiger partial charge is 0.224 e. The maximum absolute atomic E-state index is 12.1. The predicted molar refractivity (Wildman–Crippen MR) is 107 cm³/mol. The molecule has 0 spiro atoms. The first-order valence-corrected chi connectivity index (χ1v) is 9.13. The van der Waals surface area contributed by atoms with Crippen LogP contribution in [-0.4, -0.2) is 18.0 Å². The van der Waals surface area contributed by atoms with E-state index in [1.165, 1.54) is 7.11 Å². The summed E-state index contributed by atoms with van der Waals surface area (Å²) in [5, 5.41) is 4.21. The number of halogens is 3. The van der Waals surface area contributed by atoms with E-state index in [0.29, 0.717) is 50.1 Å². The third-order valence-electron chi connectivity index (χ3n) is 3.75. The zero-order valence-electron chi connectivity index (χ0n) is 14.3. The third kappa shape index (κ3) is 4.95. The van der Waals surface area contributed by atoms with E-state index in [2.05, 4.69) is 10.3 Å². The summed E-state index contributed by atoms with van der Waals surface area (Å²) in [6, 6.07) is 10.1. The lowest BCUT2D eigenvalue weighted by molar-refractivity contribution is -0.116. The minimum absolute atomic E-state index is 0.180. The first kappa shape index (κ1) is 19.5. The Morgan fingerprint density at radius 2 is 1.96 bits per heavy atom. The summed E-state index contributed by atoms with van der Waals surface area (Å²) in [6.07, 6.45) is 2.13. The van der Waals surface area contributed by atoms with E-state index in [1.807, 2.05) is 0 Å². The topological polar surface area (TPSA) is 64.4 Å². The number of aryl methyl sites for hydroxylation is 1. The summed E-state index contributed by atoms with van der Waals surface area (Å²) in [6.45, 7) is 0. The van der Waals surface area contributed by atoms with Crippen molar-refractivity contribution in [3.63, 3.8) is 0 Å². The van der Waals surface area contributed by atoms with Crippen molar-refractivity contribution < 1.29 is 13.9 Å². The number of rotatable bonds is 6. The van der Waals surface area contributed by atoms with Gasteiger partial charge in [-0.15, -0.1) is 0 Å². The average Bonchev–Trinajstić information content (AvgIpc) is 3.09. The van der Waals surface area contributed by atoms with Gasteiger partial charge >= 0.3 is 0 Å². The van der Waals surface area contributed by atoms with Gasteiger partial charge in [0, 0.05) is 29.1 Å². The molecule has 0 radical (unpaired) electrons. The largest absolute Gasteiger partial charge is 0.495 e. The summed E-state index contributed by atoms with van der Waals surface area (Å²) in [7, 11) is 1.53. The zero-order valence-corrected chi connectivity index (χ0v) is 16.5. The molecule has 0 aliphatic heterocycles. The second kappa shape index (κ2) is 8.65. The van der Waals surface area contributed by atoms with Crippen LogP contribution in [0.25, 0.3) is 11.3 Å². The van der Waals surface area contributed by atoms with Crippen molar-refractivity contribution in [2.45, 2.75) is 12.8 Å². The number of hydrogen-bond donors (Lipinski definition) is 1. The fourth-order valence-corrected chi connectivity index (χ4v) is 3.19. The SMILES string of the molecule is COc1ccc(NC(=O)CCc2ncc(-c3ccc(Cl)cc3Cl)o2)cc1Cl. The van der Waals surface area contributed by atoms with E-state index >= 15 is 0 Å². The second-order valence-electron chi connectivity index (χ2n) is 5.64. The molecule has 27 heavy (non-hydrogen) atoms. The molecule has 0 aliphatic carbocycles. The molecule has 0 saturated carbocycles. The molecule has 3 aromatic rings. The number of methoxy groups -OCH3 is 1. The van der Waals surface area contributed by atoms with Gasteiger partial charge in [-0.3, -0.25) is 4.79 Å². The zero-order chi connectivity index (χ0) is 19.4. The average molecular weight is 426 g/mol. The Kier molecular flexibility index (Phi) is 6.26. The normalized spacial score (nSPS) is 10.7. The maximum Gasteiger partial charge on any atom is 0.224 e. The number of benzene rings is 2. The van der Waals surface area contributed by atoms with Crippen molar-refractivity contribution in [3.05, 3.63) is 63.6 Å². The standard InChI is InChI=1S/C19H15Cl3N2O3/c1-26-16-5-3-12(9-15(16)22)24-18(25)6-7-19-23-10-17(27-19)13-4-2-11(20)8-14(13)21/h2-5,8-10H,6-7H2,1H3,(H,24,25). The van der Waals surface area contributed by atoms with Gasteiger partial charge in [0.2, 0.25) is 5.91 Å². The lowest BCUT2D eigenvalue weighted by Crippen LogP contribution is -2.12. The van der Waals surface area contributed by atoms with Gasteiger partial charge < -0.3 is 14.5 Å². The van der Waals surface area contributed by atoms with Crippen LogP contribution < -0.4 is 10.1 Å². The van der Waals surface area contributed by atoms with Crippen molar-refractivity contribution in [1.82, 2.24) is 4.98 Å². The number of amides is 1. The molecule has 0 fully saturated rings. The van der Waals surface area contributed by atoms with Gasteiger partial charge in [-0.25, -0.2) is 4.98 Å². The van der Waals surface area contributed by atoms with Crippen molar-refractivity contribution in [2.75, 3.05) is 12.4 Å². The van der Waals surface area contributed by atoms with Gasteiger partial charge in [-0.05, 0) is 36.4 Å². The van der Waals surface area contributed by atoms with Crippen LogP contribution in [0.15, 0.2) is 47.0 Å². The van der Waals surface area contributed by atoms with E-state index < -0.39 is 0 Å². The first-order chi connectivity index (χ1) is 13.0. The van der Waals surface area contributed by atoms with Crippen LogP contribution in [0.2, 0.25) is 15.1 Å². The maximum atomic E-state index is 12.1. The molecule has 140 valence electrons. The van der Waals surface area contributed by atoms with Crippen LogP contribution in [0.4, 0.5) is 5.69 Å². The summed E-state index contributed by atoms with van der Waals surface area (Å²) in [4.78, 5) is 16.3. The van der Waals surface area contributed by atoms with Crippen LogP contribution >= 0.6 is 34.8 Å². The highest BCUT2D eigenvalue weighted by Crippen LogP contribution is 2.31. The fraction of sp³-hybridized carbons (Fsp3) is 0.158.